The summed E-state index contributed by atoms with van der Waals surface area (Å²) in [4.78, 5) is 8.81. The Kier molecular flexibility index (Phi) is 4.45. The molecule has 0 spiro atoms. The first-order valence-corrected chi connectivity index (χ1v) is 6.89. The van der Waals surface area contributed by atoms with E-state index < -0.39 is 0 Å². The van der Waals surface area contributed by atoms with Crippen molar-refractivity contribution in [2.24, 2.45) is 0 Å². The second kappa shape index (κ2) is 5.82. The molecule has 3 rings (SSSR count). The van der Waals surface area contributed by atoms with Crippen LogP contribution in [-0.2, 0) is 25.5 Å². The molecule has 2 radical (unpaired) electrons. The fourth-order valence-electron chi connectivity index (χ4n) is 2.46. The molecule has 0 unspecified atom stereocenters. The number of anilines is 3. The van der Waals surface area contributed by atoms with Gasteiger partial charge in [0.15, 0.2) is 0 Å². The molecule has 0 amide bonds. The average molecular weight is 456 g/mol. The Morgan fingerprint density at radius 2 is 1.71 bits per heavy atom. The van der Waals surface area contributed by atoms with E-state index in [1.165, 1.54) is 16.9 Å². The zero-order chi connectivity index (χ0) is 14.3. The number of benzene rings is 1. The number of para-hydroxylation sites is 2. The van der Waals surface area contributed by atoms with E-state index in [4.69, 9.17) is 0 Å². The topological polar surface area (TPSA) is 19.4 Å². The van der Waals surface area contributed by atoms with E-state index in [1.807, 2.05) is 6.20 Å². The Morgan fingerprint density at radius 1 is 1.05 bits per heavy atom. The van der Waals surface area contributed by atoms with E-state index in [0.717, 1.165) is 5.82 Å². The Morgan fingerprint density at radius 3 is 2.38 bits per heavy atom. The number of nitrogens with zero attached hydrogens (tertiary/aromatic N) is 3. The molecule has 2 aromatic rings. The van der Waals surface area contributed by atoms with Crippen LogP contribution in [0.1, 0.15) is 26.3 Å². The molecule has 2 heterocycles. The molecule has 5 heteroatoms. The van der Waals surface area contributed by atoms with E-state index in [9.17, 15) is 0 Å². The van der Waals surface area contributed by atoms with Gasteiger partial charge in [-0.1, -0.05) is 32.9 Å². The van der Waals surface area contributed by atoms with Crippen molar-refractivity contribution in [1.82, 2.24) is 4.98 Å². The van der Waals surface area contributed by atoms with Gasteiger partial charge in [-0.05, 0) is 42.3 Å². The van der Waals surface area contributed by atoms with Gasteiger partial charge in [0.25, 0.3) is 0 Å². The molecule has 0 saturated heterocycles. The van der Waals surface area contributed by atoms with Crippen LogP contribution in [0.2, 0.25) is 0 Å². The second-order valence-corrected chi connectivity index (χ2v) is 6.24. The third-order valence-electron chi connectivity index (χ3n) is 3.67. The van der Waals surface area contributed by atoms with Crippen LogP contribution in [0.4, 0.5) is 17.2 Å². The smallest absolute Gasteiger partial charge is 0.397 e. The van der Waals surface area contributed by atoms with Crippen molar-refractivity contribution in [2.45, 2.75) is 26.2 Å². The van der Waals surface area contributed by atoms with Crippen LogP contribution in [0.3, 0.4) is 0 Å². The molecular weight excluding hydrogens is 437 g/mol. The standard InChI is InChI=1S/C16H19BN3.Ir/c1-16(2,3)12-9-10-18-15(11-12)20-14-8-6-5-7-13(14)19(4)17-20;/h5-11H,1-4H3;. The molecule has 1 aromatic heterocycles. The van der Waals surface area contributed by atoms with Gasteiger partial charge in [-0.25, -0.2) is 4.98 Å². The van der Waals surface area contributed by atoms with Crippen molar-refractivity contribution in [1.29, 1.82) is 0 Å². The van der Waals surface area contributed by atoms with E-state index in [-0.39, 0.29) is 25.5 Å². The van der Waals surface area contributed by atoms with E-state index in [1.54, 1.807) is 0 Å². The van der Waals surface area contributed by atoms with Gasteiger partial charge in [-0.15, -0.1) is 0 Å². The SMILES string of the molecule is CN1[B]N(c2cc(C(C)(C)C)ccn2)c2ccccc21.[Ir]. The summed E-state index contributed by atoms with van der Waals surface area (Å²) in [5.74, 6) is 0.967. The Hall–Kier alpha value is -1.32. The average Bonchev–Trinajstić information content (AvgIpc) is 2.76. The summed E-state index contributed by atoms with van der Waals surface area (Å²) in [7, 11) is 4.14. The predicted octanol–water partition coefficient (Wildman–Crippen LogP) is 3.50. The summed E-state index contributed by atoms with van der Waals surface area (Å²) in [5.41, 5.74) is 3.80. The number of fused-ring (bicyclic) bond motifs is 1. The zero-order valence-corrected chi connectivity index (χ0v) is 15.2. The molecule has 0 atom stereocenters. The van der Waals surface area contributed by atoms with Gasteiger partial charge in [0.2, 0.25) is 0 Å². The van der Waals surface area contributed by atoms with Gasteiger partial charge in [0.05, 0.1) is 5.69 Å². The molecular formula is C16H19BIrN3. The van der Waals surface area contributed by atoms with Gasteiger partial charge in [-0.3, -0.25) is 0 Å². The first kappa shape index (κ1) is 16.1. The minimum absolute atomic E-state index is 0. The molecule has 21 heavy (non-hydrogen) atoms. The maximum atomic E-state index is 4.54. The molecule has 0 aliphatic carbocycles. The minimum atomic E-state index is 0. The maximum absolute atomic E-state index is 4.54. The molecule has 0 saturated carbocycles. The number of hydrogen-bond acceptors (Lipinski definition) is 3. The largest absolute Gasteiger partial charge is 0.400 e. The van der Waals surface area contributed by atoms with Crippen molar-refractivity contribution in [3.05, 3.63) is 48.2 Å². The van der Waals surface area contributed by atoms with Crippen molar-refractivity contribution < 1.29 is 20.1 Å². The molecule has 0 fully saturated rings. The summed E-state index contributed by atoms with van der Waals surface area (Å²) < 4.78 is 0. The number of aromatic nitrogens is 1. The summed E-state index contributed by atoms with van der Waals surface area (Å²) in [6.45, 7) is 6.67. The zero-order valence-electron chi connectivity index (χ0n) is 12.8. The molecule has 0 bridgehead atoms. The molecule has 1 aliphatic heterocycles. The van der Waals surface area contributed by atoms with Crippen molar-refractivity contribution in [3.8, 4) is 0 Å². The van der Waals surface area contributed by atoms with Crippen molar-refractivity contribution >= 4 is 24.7 Å². The summed E-state index contributed by atoms with van der Waals surface area (Å²) in [6.07, 6.45) is 1.89. The monoisotopic (exact) mass is 457 g/mol. The normalized spacial score (nSPS) is 13.5. The third kappa shape index (κ3) is 2.99. The predicted molar refractivity (Wildman–Crippen MR) is 85.7 cm³/mol. The van der Waals surface area contributed by atoms with Gasteiger partial charge in [0.1, 0.15) is 5.82 Å². The maximum Gasteiger partial charge on any atom is 0.397 e. The van der Waals surface area contributed by atoms with E-state index in [0.29, 0.717) is 0 Å². The fourth-order valence-corrected chi connectivity index (χ4v) is 2.46. The summed E-state index contributed by atoms with van der Waals surface area (Å²) in [6, 6.07) is 12.6. The molecule has 0 N–H and O–H groups in total. The molecule has 1 aliphatic rings. The van der Waals surface area contributed by atoms with Gasteiger partial charge in [0, 0.05) is 32.0 Å². The van der Waals surface area contributed by atoms with Crippen LogP contribution in [0, 0.1) is 0 Å². The van der Waals surface area contributed by atoms with Gasteiger partial charge in [-0.2, -0.15) is 0 Å². The van der Waals surface area contributed by atoms with E-state index >= 15 is 0 Å². The van der Waals surface area contributed by atoms with E-state index in [2.05, 4.69) is 86.4 Å². The van der Waals surface area contributed by atoms with Gasteiger partial charge < -0.3 is 9.62 Å². The quantitative estimate of drug-likeness (QED) is 0.613. The summed E-state index contributed by atoms with van der Waals surface area (Å²) in [5, 5.41) is 0. The third-order valence-corrected chi connectivity index (χ3v) is 3.67. The number of hydrogen-bond donors (Lipinski definition) is 0. The fraction of sp³-hybridized carbons (Fsp3) is 0.312. The van der Waals surface area contributed by atoms with Crippen LogP contribution in [0.5, 0.6) is 0 Å². The van der Waals surface area contributed by atoms with Crippen LogP contribution in [0.15, 0.2) is 42.6 Å². The van der Waals surface area contributed by atoms with Crippen LogP contribution in [-0.4, -0.2) is 19.6 Å². The van der Waals surface area contributed by atoms with Crippen LogP contribution >= 0.6 is 0 Å². The van der Waals surface area contributed by atoms with Crippen molar-refractivity contribution in [2.75, 3.05) is 16.7 Å². The number of rotatable bonds is 1. The number of pyridine rings is 1. The first-order valence-electron chi connectivity index (χ1n) is 6.89. The molecule has 110 valence electrons. The Balaban J connectivity index is 0.00000161. The van der Waals surface area contributed by atoms with Crippen LogP contribution in [0.25, 0.3) is 0 Å². The minimum Gasteiger partial charge on any atom is -0.400 e. The molecule has 1 aromatic carbocycles. The van der Waals surface area contributed by atoms with Crippen LogP contribution < -0.4 is 9.62 Å². The summed E-state index contributed by atoms with van der Waals surface area (Å²) >= 11 is 0. The Labute approximate surface area is 141 Å². The Bertz CT molecular complexity index is 639. The van der Waals surface area contributed by atoms with Crippen molar-refractivity contribution in [3.63, 3.8) is 0 Å². The molecule has 3 nitrogen and oxygen atoms in total. The second-order valence-electron chi connectivity index (χ2n) is 6.24. The van der Waals surface area contributed by atoms with Gasteiger partial charge >= 0.3 is 7.55 Å². The first-order chi connectivity index (χ1) is 9.47.